The van der Waals surface area contributed by atoms with E-state index in [-0.39, 0.29) is 11.4 Å². The Morgan fingerprint density at radius 3 is 2.75 bits per heavy atom. The standard InChI is InChI=1S/C27H20BrN3O5/c1-3-34-24-12-17(8-10-23(24)35-16(2)32)15-29-31-26(30-21-7-5-4-6-20(21)27(31)33)25-14-18-13-19(28)9-11-22(18)36-25/h4-15H,3H2,1-2H3. The lowest BCUT2D eigenvalue weighted by Gasteiger charge is -2.10. The summed E-state index contributed by atoms with van der Waals surface area (Å²) in [7, 11) is 0. The van der Waals surface area contributed by atoms with E-state index in [1.165, 1.54) is 17.8 Å². The van der Waals surface area contributed by atoms with Crippen LogP contribution in [-0.4, -0.2) is 28.5 Å². The molecule has 0 fully saturated rings. The lowest BCUT2D eigenvalue weighted by Crippen LogP contribution is -2.20. The molecule has 180 valence electrons. The molecule has 3 aromatic carbocycles. The maximum absolute atomic E-state index is 13.4. The van der Waals surface area contributed by atoms with Gasteiger partial charge in [-0.3, -0.25) is 9.59 Å². The summed E-state index contributed by atoms with van der Waals surface area (Å²) >= 11 is 3.47. The quantitative estimate of drug-likeness (QED) is 0.152. The monoisotopic (exact) mass is 545 g/mol. The van der Waals surface area contributed by atoms with Gasteiger partial charge in [0.25, 0.3) is 5.56 Å². The molecule has 8 nitrogen and oxygen atoms in total. The number of rotatable bonds is 6. The SMILES string of the molecule is CCOc1cc(C=Nn2c(-c3cc4cc(Br)ccc4o3)nc3ccccc3c2=O)ccc1OC(C)=O. The van der Waals surface area contributed by atoms with Crippen LogP contribution >= 0.6 is 15.9 Å². The van der Waals surface area contributed by atoms with E-state index < -0.39 is 5.97 Å². The van der Waals surface area contributed by atoms with Gasteiger partial charge in [0.1, 0.15) is 5.58 Å². The molecule has 0 N–H and O–H groups in total. The minimum Gasteiger partial charge on any atom is -0.490 e. The number of hydrogen-bond donors (Lipinski definition) is 0. The second-order valence-corrected chi connectivity index (χ2v) is 8.76. The third-order valence-electron chi connectivity index (χ3n) is 5.30. The molecule has 0 aliphatic rings. The first-order valence-electron chi connectivity index (χ1n) is 11.1. The van der Waals surface area contributed by atoms with Crippen molar-refractivity contribution < 1.29 is 18.7 Å². The first-order chi connectivity index (χ1) is 17.4. The van der Waals surface area contributed by atoms with Crippen molar-refractivity contribution in [3.63, 3.8) is 0 Å². The number of esters is 1. The van der Waals surface area contributed by atoms with Crippen molar-refractivity contribution in [2.24, 2.45) is 5.10 Å². The number of benzene rings is 3. The molecule has 0 aliphatic carbocycles. The highest BCUT2D eigenvalue weighted by molar-refractivity contribution is 9.10. The highest BCUT2D eigenvalue weighted by Crippen LogP contribution is 2.30. The minimum atomic E-state index is -0.450. The van der Waals surface area contributed by atoms with Crippen LogP contribution in [0.25, 0.3) is 33.5 Å². The summed E-state index contributed by atoms with van der Waals surface area (Å²) in [5.41, 5.74) is 1.49. The van der Waals surface area contributed by atoms with E-state index in [0.717, 1.165) is 9.86 Å². The number of nitrogens with zero attached hydrogens (tertiary/aromatic N) is 3. The summed E-state index contributed by atoms with van der Waals surface area (Å²) in [6.45, 7) is 3.54. The highest BCUT2D eigenvalue weighted by Gasteiger charge is 2.17. The van der Waals surface area contributed by atoms with E-state index in [9.17, 15) is 9.59 Å². The summed E-state index contributed by atoms with van der Waals surface area (Å²) in [5, 5.41) is 5.76. The molecule has 0 amide bonds. The average molecular weight is 546 g/mol. The van der Waals surface area contributed by atoms with Crippen LogP contribution in [0.5, 0.6) is 11.5 Å². The Bertz CT molecular complexity index is 1700. The molecule has 2 aromatic heterocycles. The van der Waals surface area contributed by atoms with E-state index in [1.54, 1.807) is 36.4 Å². The summed E-state index contributed by atoms with van der Waals surface area (Å²) in [5.74, 6) is 0.921. The highest BCUT2D eigenvalue weighted by atomic mass is 79.9. The lowest BCUT2D eigenvalue weighted by molar-refractivity contribution is -0.132. The summed E-state index contributed by atoms with van der Waals surface area (Å²) in [6.07, 6.45) is 1.51. The molecule has 0 saturated heterocycles. The van der Waals surface area contributed by atoms with Gasteiger partial charge in [-0.15, -0.1) is 0 Å². The van der Waals surface area contributed by atoms with Gasteiger partial charge in [0.2, 0.25) is 5.82 Å². The predicted octanol–water partition coefficient (Wildman–Crippen LogP) is 5.78. The number of para-hydroxylation sites is 1. The maximum atomic E-state index is 13.4. The van der Waals surface area contributed by atoms with Crippen molar-refractivity contribution in [1.29, 1.82) is 0 Å². The van der Waals surface area contributed by atoms with Crippen molar-refractivity contribution >= 4 is 50.0 Å². The minimum absolute atomic E-state index is 0.267. The van der Waals surface area contributed by atoms with Crippen LogP contribution in [0.4, 0.5) is 0 Å². The van der Waals surface area contributed by atoms with Crippen LogP contribution in [-0.2, 0) is 4.79 Å². The molecule has 0 radical (unpaired) electrons. The molecule has 36 heavy (non-hydrogen) atoms. The number of furan rings is 1. The van der Waals surface area contributed by atoms with E-state index in [1.807, 2.05) is 37.3 Å². The van der Waals surface area contributed by atoms with Crippen molar-refractivity contribution in [1.82, 2.24) is 9.66 Å². The molecule has 5 rings (SSSR count). The zero-order valence-corrected chi connectivity index (χ0v) is 21.0. The predicted molar refractivity (Wildman–Crippen MR) is 141 cm³/mol. The molecule has 2 heterocycles. The van der Waals surface area contributed by atoms with Gasteiger partial charge in [-0.2, -0.15) is 9.78 Å². The number of fused-ring (bicyclic) bond motifs is 2. The fourth-order valence-corrected chi connectivity index (χ4v) is 4.13. The maximum Gasteiger partial charge on any atom is 0.308 e. The summed E-state index contributed by atoms with van der Waals surface area (Å²) in [4.78, 5) is 29.5. The van der Waals surface area contributed by atoms with Gasteiger partial charge in [-0.1, -0.05) is 28.1 Å². The van der Waals surface area contributed by atoms with Crippen LogP contribution in [0.15, 0.2) is 85.5 Å². The van der Waals surface area contributed by atoms with Crippen molar-refractivity contribution in [3.8, 4) is 23.1 Å². The number of hydrogen-bond acceptors (Lipinski definition) is 7. The largest absolute Gasteiger partial charge is 0.490 e. The normalized spacial score (nSPS) is 11.4. The Labute approximate surface area is 213 Å². The summed E-state index contributed by atoms with van der Waals surface area (Å²) < 4.78 is 19.0. The molecule has 0 spiro atoms. The molecule has 0 aliphatic heterocycles. The number of aromatic nitrogens is 2. The number of ether oxygens (including phenoxy) is 2. The van der Waals surface area contributed by atoms with Gasteiger partial charge < -0.3 is 13.9 Å². The average Bonchev–Trinajstić information content (AvgIpc) is 3.28. The van der Waals surface area contributed by atoms with Gasteiger partial charge in [-0.05, 0) is 67.1 Å². The topological polar surface area (TPSA) is 95.9 Å². The Morgan fingerprint density at radius 1 is 1.11 bits per heavy atom. The Hall–Kier alpha value is -4.24. The molecule has 9 heteroatoms. The summed E-state index contributed by atoms with van der Waals surface area (Å²) in [6, 6.07) is 19.6. The van der Waals surface area contributed by atoms with Gasteiger partial charge in [0, 0.05) is 16.8 Å². The zero-order valence-electron chi connectivity index (χ0n) is 19.4. The molecule has 5 aromatic rings. The van der Waals surface area contributed by atoms with Crippen molar-refractivity contribution in [2.45, 2.75) is 13.8 Å². The second-order valence-electron chi connectivity index (χ2n) is 7.84. The molecular weight excluding hydrogens is 526 g/mol. The van der Waals surface area contributed by atoms with Crippen LogP contribution < -0.4 is 15.0 Å². The molecule has 0 bridgehead atoms. The Morgan fingerprint density at radius 2 is 1.94 bits per heavy atom. The number of carbonyl (C=O) groups is 1. The van der Waals surface area contributed by atoms with Crippen LogP contribution in [0, 0.1) is 0 Å². The smallest absolute Gasteiger partial charge is 0.308 e. The van der Waals surface area contributed by atoms with Crippen molar-refractivity contribution in [2.75, 3.05) is 6.61 Å². The Balaban J connectivity index is 1.64. The van der Waals surface area contributed by atoms with E-state index in [0.29, 0.717) is 45.9 Å². The van der Waals surface area contributed by atoms with Crippen LogP contribution in [0.2, 0.25) is 0 Å². The van der Waals surface area contributed by atoms with E-state index in [4.69, 9.17) is 18.9 Å². The third kappa shape index (κ3) is 4.65. The number of halogens is 1. The van der Waals surface area contributed by atoms with Gasteiger partial charge >= 0.3 is 5.97 Å². The molecule has 0 unspecified atom stereocenters. The lowest BCUT2D eigenvalue weighted by atomic mass is 10.2. The second kappa shape index (κ2) is 9.79. The van der Waals surface area contributed by atoms with E-state index in [2.05, 4.69) is 21.0 Å². The molecule has 0 saturated carbocycles. The van der Waals surface area contributed by atoms with Gasteiger partial charge in [-0.25, -0.2) is 4.98 Å². The van der Waals surface area contributed by atoms with Crippen molar-refractivity contribution in [3.05, 3.63) is 87.1 Å². The Kier molecular flexibility index (Phi) is 6.39. The van der Waals surface area contributed by atoms with Crippen LogP contribution in [0.3, 0.4) is 0 Å². The molecule has 0 atom stereocenters. The number of carbonyl (C=O) groups excluding carboxylic acids is 1. The first-order valence-corrected chi connectivity index (χ1v) is 11.9. The first kappa shape index (κ1) is 23.5. The van der Waals surface area contributed by atoms with Gasteiger partial charge in [0.05, 0.1) is 23.7 Å². The zero-order chi connectivity index (χ0) is 25.2. The van der Waals surface area contributed by atoms with Gasteiger partial charge in [0.15, 0.2) is 17.3 Å². The van der Waals surface area contributed by atoms with Crippen LogP contribution in [0.1, 0.15) is 19.4 Å². The fraction of sp³-hybridized carbons (Fsp3) is 0.111. The van der Waals surface area contributed by atoms with E-state index >= 15 is 0 Å². The fourth-order valence-electron chi connectivity index (χ4n) is 3.75. The molecular formula is C27H20BrN3O5. The third-order valence-corrected chi connectivity index (χ3v) is 5.79.